The van der Waals surface area contributed by atoms with E-state index in [1.807, 2.05) is 6.07 Å². The number of ether oxygens (including phenoxy) is 3. The molecule has 1 atom stereocenters. The third-order valence-electron chi connectivity index (χ3n) is 5.27. The van der Waals surface area contributed by atoms with Crippen LogP contribution in [0.15, 0.2) is 64.3 Å². The van der Waals surface area contributed by atoms with Crippen LogP contribution < -0.4 is 14.9 Å². The number of methoxy groups -OCH3 is 2. The van der Waals surface area contributed by atoms with Gasteiger partial charge in [0.25, 0.3) is 5.91 Å². The number of hydrogen-bond donors (Lipinski definition) is 0. The van der Waals surface area contributed by atoms with Crippen molar-refractivity contribution in [1.29, 1.82) is 0 Å². The van der Waals surface area contributed by atoms with Gasteiger partial charge in [0.05, 0.1) is 30.7 Å². The first-order valence-corrected chi connectivity index (χ1v) is 9.88. The van der Waals surface area contributed by atoms with Gasteiger partial charge in [-0.15, -0.1) is 0 Å². The van der Waals surface area contributed by atoms with Crippen LogP contribution in [-0.2, 0) is 4.74 Å². The van der Waals surface area contributed by atoms with Crippen molar-refractivity contribution in [2.75, 3.05) is 34.0 Å². The summed E-state index contributed by atoms with van der Waals surface area (Å²) in [5.74, 6) is 0.767. The van der Waals surface area contributed by atoms with Crippen molar-refractivity contribution in [2.45, 2.75) is 6.04 Å². The van der Waals surface area contributed by atoms with Gasteiger partial charge in [0.15, 0.2) is 16.9 Å². The van der Waals surface area contributed by atoms with Crippen molar-refractivity contribution < 1.29 is 23.4 Å². The number of hydrogen-bond acceptors (Lipinski definition) is 6. The van der Waals surface area contributed by atoms with Crippen molar-refractivity contribution in [3.05, 3.63) is 82.2 Å². The molecule has 1 unspecified atom stereocenters. The smallest absolute Gasteiger partial charge is 0.290 e. The van der Waals surface area contributed by atoms with Gasteiger partial charge in [-0.1, -0.05) is 30.9 Å². The Morgan fingerprint density at radius 1 is 1.13 bits per heavy atom. The molecular formula is C24H23NO6. The first kappa shape index (κ1) is 20.7. The first-order chi connectivity index (χ1) is 15.1. The molecule has 1 aliphatic rings. The van der Waals surface area contributed by atoms with Crippen molar-refractivity contribution in [3.63, 3.8) is 0 Å². The fraction of sp³-hybridized carbons (Fsp3) is 0.250. The maximum absolute atomic E-state index is 13.4. The summed E-state index contributed by atoms with van der Waals surface area (Å²) in [5.41, 5.74) is 1.20. The fourth-order valence-electron chi connectivity index (χ4n) is 3.86. The van der Waals surface area contributed by atoms with Gasteiger partial charge in [0.1, 0.15) is 12.2 Å². The average molecular weight is 421 g/mol. The van der Waals surface area contributed by atoms with Gasteiger partial charge in [-0.05, 0) is 29.8 Å². The molecule has 2 aromatic carbocycles. The molecule has 0 spiro atoms. The molecule has 7 heteroatoms. The van der Waals surface area contributed by atoms with E-state index in [2.05, 4.69) is 6.58 Å². The third-order valence-corrected chi connectivity index (χ3v) is 5.27. The number of carbonyl (C=O) groups excluding carboxylic acids is 1. The summed E-state index contributed by atoms with van der Waals surface area (Å²) >= 11 is 0. The molecule has 1 amide bonds. The number of carbonyl (C=O) groups is 1. The zero-order chi connectivity index (χ0) is 22.0. The SMILES string of the molecule is C=CCOc1ccc(C2c3c(oc4ccccc4c3=O)C(=O)N2CCOC)cc1OC. The zero-order valence-corrected chi connectivity index (χ0v) is 17.4. The van der Waals surface area contributed by atoms with Crippen LogP contribution in [-0.4, -0.2) is 44.8 Å². The number of para-hydroxylation sites is 1. The van der Waals surface area contributed by atoms with Crippen molar-refractivity contribution >= 4 is 16.9 Å². The van der Waals surface area contributed by atoms with E-state index < -0.39 is 6.04 Å². The van der Waals surface area contributed by atoms with Crippen LogP contribution in [0.1, 0.15) is 27.7 Å². The summed E-state index contributed by atoms with van der Waals surface area (Å²) in [6, 6.07) is 11.7. The van der Waals surface area contributed by atoms with Crippen LogP contribution in [0.3, 0.4) is 0 Å². The summed E-state index contributed by atoms with van der Waals surface area (Å²) in [6.45, 7) is 4.60. The molecule has 0 N–H and O–H groups in total. The Bertz CT molecular complexity index is 1200. The van der Waals surface area contributed by atoms with Gasteiger partial charge in [-0.25, -0.2) is 0 Å². The molecule has 7 nitrogen and oxygen atoms in total. The predicted octanol–water partition coefficient (Wildman–Crippen LogP) is 3.56. The van der Waals surface area contributed by atoms with E-state index in [-0.39, 0.29) is 17.1 Å². The molecule has 160 valence electrons. The van der Waals surface area contributed by atoms with Gasteiger partial charge in [-0.3, -0.25) is 9.59 Å². The summed E-state index contributed by atoms with van der Waals surface area (Å²) in [7, 11) is 3.10. The van der Waals surface area contributed by atoms with Gasteiger partial charge < -0.3 is 23.5 Å². The lowest BCUT2D eigenvalue weighted by molar-refractivity contribution is 0.0663. The number of rotatable bonds is 8. The molecule has 0 radical (unpaired) electrons. The van der Waals surface area contributed by atoms with E-state index in [0.29, 0.717) is 53.4 Å². The van der Waals surface area contributed by atoms with Gasteiger partial charge in [-0.2, -0.15) is 0 Å². The van der Waals surface area contributed by atoms with Crippen LogP contribution >= 0.6 is 0 Å². The molecule has 0 aliphatic carbocycles. The lowest BCUT2D eigenvalue weighted by Crippen LogP contribution is -2.32. The lowest BCUT2D eigenvalue weighted by atomic mass is 9.98. The quantitative estimate of drug-likeness (QED) is 0.518. The minimum Gasteiger partial charge on any atom is -0.493 e. The van der Waals surface area contributed by atoms with E-state index in [9.17, 15) is 9.59 Å². The Morgan fingerprint density at radius 2 is 1.94 bits per heavy atom. The second-order valence-electron chi connectivity index (χ2n) is 7.07. The second kappa shape index (κ2) is 8.65. The normalized spacial score (nSPS) is 15.2. The van der Waals surface area contributed by atoms with E-state index in [0.717, 1.165) is 0 Å². The lowest BCUT2D eigenvalue weighted by Gasteiger charge is -2.25. The predicted molar refractivity (Wildman–Crippen MR) is 116 cm³/mol. The van der Waals surface area contributed by atoms with Crippen LogP contribution in [0.2, 0.25) is 0 Å². The number of amides is 1. The Hall–Kier alpha value is -3.58. The van der Waals surface area contributed by atoms with Gasteiger partial charge >= 0.3 is 0 Å². The molecule has 0 bridgehead atoms. The van der Waals surface area contributed by atoms with Gasteiger partial charge in [0, 0.05) is 13.7 Å². The molecular weight excluding hydrogens is 398 g/mol. The van der Waals surface area contributed by atoms with E-state index in [4.69, 9.17) is 18.6 Å². The van der Waals surface area contributed by atoms with E-state index >= 15 is 0 Å². The Morgan fingerprint density at radius 3 is 2.68 bits per heavy atom. The maximum Gasteiger partial charge on any atom is 0.290 e. The topological polar surface area (TPSA) is 78.2 Å². The Kier molecular flexibility index (Phi) is 5.77. The molecule has 1 aromatic heterocycles. The third kappa shape index (κ3) is 3.57. The summed E-state index contributed by atoms with van der Waals surface area (Å²) < 4.78 is 22.2. The van der Waals surface area contributed by atoms with Crippen molar-refractivity contribution in [3.8, 4) is 11.5 Å². The highest BCUT2D eigenvalue weighted by Crippen LogP contribution is 2.40. The fourth-order valence-corrected chi connectivity index (χ4v) is 3.86. The van der Waals surface area contributed by atoms with Crippen LogP contribution in [0.25, 0.3) is 11.0 Å². The molecule has 1 aliphatic heterocycles. The Balaban J connectivity index is 1.89. The zero-order valence-electron chi connectivity index (χ0n) is 17.4. The maximum atomic E-state index is 13.4. The largest absolute Gasteiger partial charge is 0.493 e. The second-order valence-corrected chi connectivity index (χ2v) is 7.07. The summed E-state index contributed by atoms with van der Waals surface area (Å²) in [6.07, 6.45) is 1.64. The average Bonchev–Trinajstić information content (AvgIpc) is 3.08. The van der Waals surface area contributed by atoms with Crippen molar-refractivity contribution in [1.82, 2.24) is 4.90 Å². The molecule has 0 fully saturated rings. The number of nitrogens with zero attached hydrogens (tertiary/aromatic N) is 1. The van der Waals surface area contributed by atoms with Crippen LogP contribution in [0, 0.1) is 0 Å². The highest BCUT2D eigenvalue weighted by molar-refractivity contribution is 5.99. The standard InChI is InChI=1S/C24H23NO6/c1-4-12-30-18-10-9-15(14-19(18)29-3)21-20-22(26)16-7-5-6-8-17(16)31-23(20)24(27)25(21)11-13-28-2/h4-10,14,21H,1,11-13H2,2-3H3. The van der Waals surface area contributed by atoms with Crippen molar-refractivity contribution in [2.24, 2.45) is 0 Å². The molecule has 0 saturated carbocycles. The highest BCUT2D eigenvalue weighted by atomic mass is 16.5. The number of benzene rings is 2. The van der Waals surface area contributed by atoms with Crippen LogP contribution in [0.4, 0.5) is 0 Å². The van der Waals surface area contributed by atoms with Crippen LogP contribution in [0.5, 0.6) is 11.5 Å². The van der Waals surface area contributed by atoms with Gasteiger partial charge in [0.2, 0.25) is 5.76 Å². The molecule has 0 saturated heterocycles. The molecule has 3 aromatic rings. The first-order valence-electron chi connectivity index (χ1n) is 9.88. The number of fused-ring (bicyclic) bond motifs is 2. The monoisotopic (exact) mass is 421 g/mol. The van der Waals surface area contributed by atoms with E-state index in [1.54, 1.807) is 54.5 Å². The highest BCUT2D eigenvalue weighted by Gasteiger charge is 2.42. The minimum absolute atomic E-state index is 0.0655. The molecule has 2 heterocycles. The Labute approximate surface area is 179 Å². The summed E-state index contributed by atoms with van der Waals surface area (Å²) in [4.78, 5) is 28.2. The summed E-state index contributed by atoms with van der Waals surface area (Å²) in [5, 5.41) is 0.436. The molecule has 31 heavy (non-hydrogen) atoms. The minimum atomic E-state index is -0.624. The van der Waals surface area contributed by atoms with E-state index in [1.165, 1.54) is 7.11 Å². The molecule has 4 rings (SSSR count).